The van der Waals surface area contributed by atoms with Crippen molar-refractivity contribution in [1.82, 2.24) is 0 Å². The number of esters is 1. The van der Waals surface area contributed by atoms with Crippen molar-refractivity contribution < 1.29 is 14.6 Å². The number of ether oxygens (including phenoxy) is 1. The lowest BCUT2D eigenvalue weighted by Crippen LogP contribution is -1.98. The predicted octanol–water partition coefficient (Wildman–Crippen LogP) is 5.10. The molecule has 0 spiro atoms. The van der Waals surface area contributed by atoms with E-state index in [-0.39, 0.29) is 5.97 Å². The minimum absolute atomic E-state index is 0.292. The number of carbonyl (C=O) groups is 1. The Kier molecular flexibility index (Phi) is 10.9. The molecule has 3 nitrogen and oxygen atoms in total. The molecular formula is C21H24O3. The fourth-order valence-electron chi connectivity index (χ4n) is 1.37. The molecule has 0 unspecified atom stereocenters. The molecule has 2 aromatic carbocycles. The van der Waals surface area contributed by atoms with E-state index in [1.807, 2.05) is 48.5 Å². The van der Waals surface area contributed by atoms with Crippen LogP contribution in [0, 0.1) is 0 Å². The summed E-state index contributed by atoms with van der Waals surface area (Å²) in [6.07, 6.45) is 3.57. The highest BCUT2D eigenvalue weighted by Crippen LogP contribution is 2.09. The second kappa shape index (κ2) is 12.5. The zero-order valence-electron chi connectivity index (χ0n) is 14.2. The smallest absolute Gasteiger partial charge is 0.332 e. The number of rotatable bonds is 3. The molecule has 126 valence electrons. The van der Waals surface area contributed by atoms with Crippen LogP contribution < -0.4 is 0 Å². The zero-order valence-corrected chi connectivity index (χ0v) is 14.2. The van der Waals surface area contributed by atoms with E-state index >= 15 is 0 Å². The SMILES string of the molecule is C=C(C)C(=O)OC.C=Cc1ccc(O)cc1.C=Cc1ccccc1. The summed E-state index contributed by atoms with van der Waals surface area (Å²) in [6, 6.07) is 16.9. The number of phenolic OH excluding ortho intramolecular Hbond substituents is 1. The molecule has 0 aliphatic carbocycles. The van der Waals surface area contributed by atoms with Gasteiger partial charge in [-0.2, -0.15) is 0 Å². The third-order valence-electron chi connectivity index (χ3n) is 2.70. The molecule has 0 atom stereocenters. The molecule has 0 amide bonds. The minimum Gasteiger partial charge on any atom is -0.508 e. The molecule has 0 saturated carbocycles. The Morgan fingerprint density at radius 2 is 1.42 bits per heavy atom. The van der Waals surface area contributed by atoms with Crippen LogP contribution in [0.1, 0.15) is 18.1 Å². The van der Waals surface area contributed by atoms with Crippen molar-refractivity contribution in [2.45, 2.75) is 6.92 Å². The fraction of sp³-hybridized carbons (Fsp3) is 0.0952. The summed E-state index contributed by atoms with van der Waals surface area (Å²) in [5.41, 5.74) is 2.63. The lowest BCUT2D eigenvalue weighted by atomic mass is 10.2. The van der Waals surface area contributed by atoms with Gasteiger partial charge < -0.3 is 9.84 Å². The zero-order chi connectivity index (χ0) is 18.4. The molecule has 1 N–H and O–H groups in total. The second-order valence-electron chi connectivity index (χ2n) is 4.68. The topological polar surface area (TPSA) is 46.5 Å². The Hall–Kier alpha value is -3.07. The minimum atomic E-state index is -0.347. The maximum Gasteiger partial charge on any atom is 0.332 e. The van der Waals surface area contributed by atoms with E-state index in [2.05, 4.69) is 24.5 Å². The van der Waals surface area contributed by atoms with Gasteiger partial charge in [-0.15, -0.1) is 0 Å². The number of phenols is 1. The first kappa shape index (κ1) is 20.9. The maximum absolute atomic E-state index is 10.2. The Labute approximate surface area is 144 Å². The van der Waals surface area contributed by atoms with Crippen LogP contribution in [0.25, 0.3) is 12.2 Å². The van der Waals surface area contributed by atoms with Crippen LogP contribution in [-0.4, -0.2) is 18.2 Å². The molecule has 0 bridgehead atoms. The van der Waals surface area contributed by atoms with Gasteiger partial charge in [0.15, 0.2) is 0 Å². The van der Waals surface area contributed by atoms with Crippen LogP contribution in [0.4, 0.5) is 0 Å². The summed E-state index contributed by atoms with van der Waals surface area (Å²) in [4.78, 5) is 10.2. The first-order chi connectivity index (χ1) is 11.4. The first-order valence-corrected chi connectivity index (χ1v) is 7.27. The number of carbonyl (C=O) groups excluding carboxylic acids is 1. The molecule has 0 aromatic heterocycles. The lowest BCUT2D eigenvalue weighted by Gasteiger charge is -1.91. The molecule has 0 saturated heterocycles. The van der Waals surface area contributed by atoms with Crippen molar-refractivity contribution in [3.05, 3.63) is 91.0 Å². The number of hydrogen-bond acceptors (Lipinski definition) is 3. The van der Waals surface area contributed by atoms with E-state index in [9.17, 15) is 4.79 Å². The van der Waals surface area contributed by atoms with Gasteiger partial charge in [0.25, 0.3) is 0 Å². The summed E-state index contributed by atoms with van der Waals surface area (Å²) in [6.45, 7) is 12.2. The molecule has 0 radical (unpaired) electrons. The summed E-state index contributed by atoms with van der Waals surface area (Å²) >= 11 is 0. The molecule has 24 heavy (non-hydrogen) atoms. The van der Waals surface area contributed by atoms with Crippen LogP contribution in [0.2, 0.25) is 0 Å². The van der Waals surface area contributed by atoms with Crippen molar-refractivity contribution in [3.63, 3.8) is 0 Å². The van der Waals surface area contributed by atoms with E-state index < -0.39 is 0 Å². The highest BCUT2D eigenvalue weighted by atomic mass is 16.5. The molecular weight excluding hydrogens is 300 g/mol. The monoisotopic (exact) mass is 324 g/mol. The standard InChI is InChI=1S/C8H8O.C8H8.C5H8O2/c1-2-7-3-5-8(9)6-4-7;1-2-8-6-4-3-5-7-8;1-4(2)5(6)7-3/h2-6,9H,1H2;2-7H,1H2;1H2,2-3H3. The predicted molar refractivity (Wildman–Crippen MR) is 102 cm³/mol. The van der Waals surface area contributed by atoms with E-state index in [0.29, 0.717) is 11.3 Å². The fourth-order valence-corrected chi connectivity index (χ4v) is 1.37. The molecule has 0 fully saturated rings. The van der Waals surface area contributed by atoms with Gasteiger partial charge in [0.2, 0.25) is 0 Å². The van der Waals surface area contributed by atoms with E-state index in [4.69, 9.17) is 5.11 Å². The van der Waals surface area contributed by atoms with Crippen molar-refractivity contribution in [1.29, 1.82) is 0 Å². The first-order valence-electron chi connectivity index (χ1n) is 7.27. The number of aromatic hydroxyl groups is 1. The quantitative estimate of drug-likeness (QED) is 0.631. The molecule has 0 aliphatic heterocycles. The Balaban J connectivity index is 0.000000334. The van der Waals surface area contributed by atoms with Crippen molar-refractivity contribution in [2.75, 3.05) is 7.11 Å². The van der Waals surface area contributed by atoms with Crippen molar-refractivity contribution in [3.8, 4) is 5.75 Å². The van der Waals surface area contributed by atoms with E-state index in [0.717, 1.165) is 5.56 Å². The molecule has 2 rings (SSSR count). The summed E-state index contributed by atoms with van der Waals surface area (Å²) in [5, 5.41) is 8.82. The molecule has 0 aliphatic rings. The molecule has 3 heteroatoms. The highest BCUT2D eigenvalue weighted by Gasteiger charge is 1.95. The van der Waals surface area contributed by atoms with E-state index in [1.165, 1.54) is 12.7 Å². The van der Waals surface area contributed by atoms with Crippen LogP contribution in [0.3, 0.4) is 0 Å². The van der Waals surface area contributed by atoms with Gasteiger partial charge in [-0.1, -0.05) is 74.4 Å². The Morgan fingerprint density at radius 3 is 1.71 bits per heavy atom. The second-order valence-corrected chi connectivity index (χ2v) is 4.68. The number of hydrogen-bond donors (Lipinski definition) is 1. The Morgan fingerprint density at radius 1 is 0.958 bits per heavy atom. The maximum atomic E-state index is 10.2. The third kappa shape index (κ3) is 9.79. The summed E-state index contributed by atoms with van der Waals surface area (Å²) < 4.78 is 4.27. The summed E-state index contributed by atoms with van der Waals surface area (Å²) in [5.74, 6) is -0.0550. The van der Waals surface area contributed by atoms with Gasteiger partial charge in [0, 0.05) is 5.57 Å². The molecule has 0 heterocycles. The highest BCUT2D eigenvalue weighted by molar-refractivity contribution is 5.86. The van der Waals surface area contributed by atoms with Crippen LogP contribution in [0.5, 0.6) is 5.75 Å². The average molecular weight is 324 g/mol. The van der Waals surface area contributed by atoms with Crippen molar-refractivity contribution >= 4 is 18.1 Å². The van der Waals surface area contributed by atoms with Gasteiger partial charge in [-0.3, -0.25) is 0 Å². The average Bonchev–Trinajstić information content (AvgIpc) is 2.63. The van der Waals surface area contributed by atoms with Crippen LogP contribution in [0.15, 0.2) is 79.9 Å². The van der Waals surface area contributed by atoms with Gasteiger partial charge in [0.1, 0.15) is 5.75 Å². The lowest BCUT2D eigenvalue weighted by molar-refractivity contribution is -0.136. The molecule has 2 aromatic rings. The van der Waals surface area contributed by atoms with Gasteiger partial charge in [-0.25, -0.2) is 4.79 Å². The number of methoxy groups -OCH3 is 1. The number of benzene rings is 2. The van der Waals surface area contributed by atoms with E-state index in [1.54, 1.807) is 25.1 Å². The Bertz CT molecular complexity index is 641. The van der Waals surface area contributed by atoms with Gasteiger partial charge in [-0.05, 0) is 30.2 Å². The van der Waals surface area contributed by atoms with Crippen molar-refractivity contribution in [2.24, 2.45) is 0 Å². The normalized spacial score (nSPS) is 8.42. The third-order valence-corrected chi connectivity index (χ3v) is 2.70. The summed E-state index contributed by atoms with van der Waals surface area (Å²) in [7, 11) is 1.33. The van der Waals surface area contributed by atoms with Gasteiger partial charge >= 0.3 is 5.97 Å². The van der Waals surface area contributed by atoms with Crippen LogP contribution >= 0.6 is 0 Å². The van der Waals surface area contributed by atoms with Crippen LogP contribution in [-0.2, 0) is 9.53 Å². The van der Waals surface area contributed by atoms with Gasteiger partial charge in [0.05, 0.1) is 7.11 Å². The largest absolute Gasteiger partial charge is 0.508 e.